The molecule has 0 saturated heterocycles. The van der Waals surface area contributed by atoms with Gasteiger partial charge in [-0.1, -0.05) is 32.0 Å². The summed E-state index contributed by atoms with van der Waals surface area (Å²) in [7, 11) is 0. The van der Waals surface area contributed by atoms with Gasteiger partial charge >= 0.3 is 0 Å². The van der Waals surface area contributed by atoms with Gasteiger partial charge in [-0.15, -0.1) is 0 Å². The molecule has 0 saturated carbocycles. The Morgan fingerprint density at radius 3 is 2.82 bits per heavy atom. The van der Waals surface area contributed by atoms with E-state index in [9.17, 15) is 5.11 Å². The van der Waals surface area contributed by atoms with Crippen LogP contribution in [-0.4, -0.2) is 16.7 Å². The summed E-state index contributed by atoms with van der Waals surface area (Å²) in [4.78, 5) is 0. The zero-order valence-corrected chi connectivity index (χ0v) is 11.0. The molecule has 2 N–H and O–H groups in total. The highest BCUT2D eigenvalue weighted by Crippen LogP contribution is 2.31. The van der Waals surface area contributed by atoms with Crippen molar-refractivity contribution in [3.05, 3.63) is 29.8 Å². The maximum atomic E-state index is 10.6. The summed E-state index contributed by atoms with van der Waals surface area (Å²) in [5, 5.41) is 14.1. The molecule has 1 aromatic carbocycles. The van der Waals surface area contributed by atoms with Gasteiger partial charge in [0.1, 0.15) is 0 Å². The Morgan fingerprint density at radius 1 is 1.41 bits per heavy atom. The zero-order valence-electron chi connectivity index (χ0n) is 11.0. The largest absolute Gasteiger partial charge is 0.388 e. The smallest absolute Gasteiger partial charge is 0.0822 e. The van der Waals surface area contributed by atoms with Gasteiger partial charge in [0, 0.05) is 5.69 Å². The van der Waals surface area contributed by atoms with Crippen LogP contribution in [0.15, 0.2) is 24.3 Å². The van der Waals surface area contributed by atoms with E-state index in [1.807, 2.05) is 13.0 Å². The molecular weight excluding hydrogens is 210 g/mol. The van der Waals surface area contributed by atoms with Gasteiger partial charge in [0.2, 0.25) is 0 Å². The zero-order chi connectivity index (χ0) is 12.5. The van der Waals surface area contributed by atoms with Gasteiger partial charge < -0.3 is 10.4 Å². The van der Waals surface area contributed by atoms with Crippen molar-refractivity contribution >= 4 is 5.69 Å². The van der Waals surface area contributed by atoms with Gasteiger partial charge in [-0.3, -0.25) is 0 Å². The lowest BCUT2D eigenvalue weighted by Gasteiger charge is -2.38. The molecular formula is C15H23NO. The van der Waals surface area contributed by atoms with Crippen molar-refractivity contribution in [3.8, 4) is 0 Å². The van der Waals surface area contributed by atoms with Gasteiger partial charge in [0.05, 0.1) is 11.6 Å². The van der Waals surface area contributed by atoms with Crippen molar-refractivity contribution < 1.29 is 5.11 Å². The van der Waals surface area contributed by atoms with Crippen molar-refractivity contribution in [2.24, 2.45) is 5.92 Å². The number of hydrogen-bond acceptors (Lipinski definition) is 2. The molecule has 0 aliphatic carbocycles. The number of hydrogen-bond donors (Lipinski definition) is 2. The Balaban J connectivity index is 2.11. The number of para-hydroxylation sites is 1. The van der Waals surface area contributed by atoms with Crippen LogP contribution in [0, 0.1) is 5.92 Å². The first-order valence-corrected chi connectivity index (χ1v) is 6.56. The first-order chi connectivity index (χ1) is 7.99. The number of aliphatic hydroxyl groups is 1. The van der Waals surface area contributed by atoms with E-state index in [2.05, 4.69) is 37.4 Å². The highest BCUT2D eigenvalue weighted by molar-refractivity contribution is 5.54. The molecule has 0 fully saturated rings. The van der Waals surface area contributed by atoms with Gasteiger partial charge in [0.15, 0.2) is 0 Å². The fourth-order valence-electron chi connectivity index (χ4n) is 2.87. The average Bonchev–Trinajstić information content (AvgIpc) is 2.26. The van der Waals surface area contributed by atoms with Crippen LogP contribution in [0.1, 0.15) is 39.2 Å². The maximum Gasteiger partial charge on any atom is 0.0822 e. The molecule has 1 aliphatic heterocycles. The number of nitrogens with one attached hydrogen (secondary N) is 1. The molecule has 2 rings (SSSR count). The van der Waals surface area contributed by atoms with E-state index in [1.54, 1.807) is 0 Å². The first-order valence-electron chi connectivity index (χ1n) is 6.56. The second-order valence-corrected chi connectivity index (χ2v) is 5.85. The van der Waals surface area contributed by atoms with Crippen molar-refractivity contribution in [2.45, 2.75) is 51.7 Å². The van der Waals surface area contributed by atoms with E-state index in [0.717, 1.165) is 19.3 Å². The lowest BCUT2D eigenvalue weighted by atomic mass is 9.82. The topological polar surface area (TPSA) is 32.3 Å². The number of anilines is 1. The third kappa shape index (κ3) is 2.81. The molecule has 1 aliphatic rings. The Bertz CT molecular complexity index is 384. The summed E-state index contributed by atoms with van der Waals surface area (Å²) in [5.74, 6) is 0.518. The third-order valence-corrected chi connectivity index (χ3v) is 3.62. The predicted octanol–water partition coefficient (Wildman–Crippen LogP) is 3.21. The molecule has 1 heterocycles. The second kappa shape index (κ2) is 4.69. The normalized spacial score (nSPS) is 22.8. The van der Waals surface area contributed by atoms with Gasteiger partial charge in [-0.2, -0.15) is 0 Å². The lowest BCUT2D eigenvalue weighted by molar-refractivity contribution is 0.0161. The van der Waals surface area contributed by atoms with Crippen molar-refractivity contribution in [1.82, 2.24) is 0 Å². The van der Waals surface area contributed by atoms with E-state index in [-0.39, 0.29) is 6.04 Å². The van der Waals surface area contributed by atoms with Crippen LogP contribution in [0.3, 0.4) is 0 Å². The highest BCUT2D eigenvalue weighted by Gasteiger charge is 2.34. The minimum absolute atomic E-state index is 0.166. The van der Waals surface area contributed by atoms with Crippen LogP contribution in [0.2, 0.25) is 0 Å². The summed E-state index contributed by atoms with van der Waals surface area (Å²) >= 11 is 0. The lowest BCUT2D eigenvalue weighted by Crippen LogP contribution is -2.47. The minimum Gasteiger partial charge on any atom is -0.388 e. The molecule has 0 amide bonds. The van der Waals surface area contributed by atoms with Crippen LogP contribution in [-0.2, 0) is 6.42 Å². The second-order valence-electron chi connectivity index (χ2n) is 5.85. The quantitative estimate of drug-likeness (QED) is 0.840. The SMILES string of the molecule is CC(C)CC(C)(O)C1CCc2ccccc2N1. The molecule has 2 unspecified atom stereocenters. The Labute approximate surface area is 104 Å². The average molecular weight is 233 g/mol. The number of aryl methyl sites for hydroxylation is 1. The van der Waals surface area contributed by atoms with Crippen LogP contribution in [0.4, 0.5) is 5.69 Å². The standard InChI is InChI=1S/C15H23NO/c1-11(2)10-15(3,17)14-9-8-12-6-4-5-7-13(12)16-14/h4-7,11,14,16-17H,8-10H2,1-3H3. The monoisotopic (exact) mass is 233 g/mol. The summed E-state index contributed by atoms with van der Waals surface area (Å²) < 4.78 is 0. The van der Waals surface area contributed by atoms with E-state index in [4.69, 9.17) is 0 Å². The van der Waals surface area contributed by atoms with Crippen molar-refractivity contribution in [1.29, 1.82) is 0 Å². The molecule has 17 heavy (non-hydrogen) atoms. The minimum atomic E-state index is -0.623. The first kappa shape index (κ1) is 12.4. The summed E-state index contributed by atoms with van der Waals surface area (Å²) in [5.41, 5.74) is 1.93. The molecule has 94 valence electrons. The van der Waals surface area contributed by atoms with Crippen molar-refractivity contribution in [3.63, 3.8) is 0 Å². The fourth-order valence-corrected chi connectivity index (χ4v) is 2.87. The van der Waals surface area contributed by atoms with E-state index >= 15 is 0 Å². The fraction of sp³-hybridized carbons (Fsp3) is 0.600. The molecule has 0 bridgehead atoms. The predicted molar refractivity (Wildman–Crippen MR) is 72.3 cm³/mol. The summed E-state index contributed by atoms with van der Waals surface area (Å²) in [6.45, 7) is 6.27. The van der Waals surface area contributed by atoms with Crippen LogP contribution < -0.4 is 5.32 Å². The maximum absolute atomic E-state index is 10.6. The molecule has 2 heteroatoms. The molecule has 2 nitrogen and oxygen atoms in total. The third-order valence-electron chi connectivity index (χ3n) is 3.62. The van der Waals surface area contributed by atoms with Gasteiger partial charge in [0.25, 0.3) is 0 Å². The van der Waals surface area contributed by atoms with Gasteiger partial charge in [-0.05, 0) is 43.7 Å². The summed E-state index contributed by atoms with van der Waals surface area (Å²) in [6.07, 6.45) is 2.91. The number of fused-ring (bicyclic) bond motifs is 1. The molecule has 2 atom stereocenters. The Morgan fingerprint density at radius 2 is 2.12 bits per heavy atom. The van der Waals surface area contributed by atoms with Crippen LogP contribution >= 0.6 is 0 Å². The van der Waals surface area contributed by atoms with E-state index in [0.29, 0.717) is 5.92 Å². The highest BCUT2D eigenvalue weighted by atomic mass is 16.3. The molecule has 0 spiro atoms. The van der Waals surface area contributed by atoms with Gasteiger partial charge in [-0.25, -0.2) is 0 Å². The number of benzene rings is 1. The van der Waals surface area contributed by atoms with E-state index < -0.39 is 5.60 Å². The Kier molecular flexibility index (Phi) is 3.43. The summed E-state index contributed by atoms with van der Waals surface area (Å²) in [6, 6.07) is 8.56. The molecule has 0 aromatic heterocycles. The van der Waals surface area contributed by atoms with Crippen LogP contribution in [0.25, 0.3) is 0 Å². The van der Waals surface area contributed by atoms with Crippen LogP contribution in [0.5, 0.6) is 0 Å². The molecule has 1 aromatic rings. The molecule has 0 radical (unpaired) electrons. The Hall–Kier alpha value is -1.02. The number of rotatable bonds is 3. The van der Waals surface area contributed by atoms with E-state index in [1.165, 1.54) is 11.3 Å². The van der Waals surface area contributed by atoms with Crippen molar-refractivity contribution in [2.75, 3.05) is 5.32 Å².